The Hall–Kier alpha value is -3.49. The molecule has 0 fully saturated rings. The Kier molecular flexibility index (Phi) is 8.56. The maximum atomic E-state index is 13.4. The first kappa shape index (κ1) is 25.1. The number of carbonyl (C=O) groups is 2. The van der Waals surface area contributed by atoms with Gasteiger partial charge in [-0.3, -0.25) is 4.79 Å². The number of amides is 1. The number of hydrogen-bond acceptors (Lipinski definition) is 5. The number of aryl methyl sites for hydroxylation is 1. The first-order valence-electron chi connectivity index (χ1n) is 10.8. The summed E-state index contributed by atoms with van der Waals surface area (Å²) in [4.78, 5) is 25.4. The van der Waals surface area contributed by atoms with E-state index in [4.69, 9.17) is 4.74 Å². The number of ether oxygens (including phenoxy) is 1. The highest BCUT2D eigenvalue weighted by atomic mass is 32.2. The molecule has 3 aromatic rings. The van der Waals surface area contributed by atoms with Crippen molar-refractivity contribution in [1.29, 1.82) is 0 Å². The van der Waals surface area contributed by atoms with Gasteiger partial charge < -0.3 is 10.1 Å². The van der Waals surface area contributed by atoms with Gasteiger partial charge in [0, 0.05) is 13.0 Å². The van der Waals surface area contributed by atoms with Crippen molar-refractivity contribution in [1.82, 2.24) is 9.62 Å². The van der Waals surface area contributed by atoms with E-state index in [1.807, 2.05) is 43.3 Å². The van der Waals surface area contributed by atoms with Crippen molar-refractivity contribution >= 4 is 21.9 Å². The van der Waals surface area contributed by atoms with E-state index >= 15 is 0 Å². The van der Waals surface area contributed by atoms with Gasteiger partial charge in [0.25, 0.3) is 0 Å². The second kappa shape index (κ2) is 11.6. The highest BCUT2D eigenvalue weighted by Gasteiger charge is 2.29. The Morgan fingerprint density at radius 3 is 2.00 bits per heavy atom. The van der Waals surface area contributed by atoms with E-state index in [0.717, 1.165) is 21.0 Å². The van der Waals surface area contributed by atoms with Crippen molar-refractivity contribution in [2.24, 2.45) is 0 Å². The molecule has 1 N–H and O–H groups in total. The van der Waals surface area contributed by atoms with Crippen LogP contribution >= 0.6 is 0 Å². The zero-order valence-corrected chi connectivity index (χ0v) is 20.0. The number of carbonyl (C=O) groups excluding carboxylic acids is 2. The first-order chi connectivity index (χ1) is 16.3. The molecule has 3 aromatic carbocycles. The lowest BCUT2D eigenvalue weighted by Gasteiger charge is -2.23. The third-order valence-electron chi connectivity index (χ3n) is 5.28. The molecule has 0 radical (unpaired) electrons. The van der Waals surface area contributed by atoms with Crippen molar-refractivity contribution in [3.63, 3.8) is 0 Å². The Bertz CT molecular complexity index is 1200. The normalized spacial score (nSPS) is 12.2. The first-order valence-corrected chi connectivity index (χ1v) is 12.3. The van der Waals surface area contributed by atoms with Gasteiger partial charge in [0.2, 0.25) is 15.9 Å². The summed E-state index contributed by atoms with van der Waals surface area (Å²) in [6.45, 7) is 1.42. The fourth-order valence-corrected chi connectivity index (χ4v) is 4.84. The van der Waals surface area contributed by atoms with Crippen molar-refractivity contribution in [3.05, 3.63) is 102 Å². The summed E-state index contributed by atoms with van der Waals surface area (Å²) < 4.78 is 32.8. The highest BCUT2D eigenvalue weighted by molar-refractivity contribution is 7.89. The fraction of sp³-hybridized carbons (Fsp3) is 0.231. The third-order valence-corrected chi connectivity index (χ3v) is 7.09. The van der Waals surface area contributed by atoms with Crippen LogP contribution in [0.15, 0.2) is 89.8 Å². The average molecular weight is 481 g/mol. The monoisotopic (exact) mass is 480 g/mol. The van der Waals surface area contributed by atoms with Crippen LogP contribution in [0.3, 0.4) is 0 Å². The lowest BCUT2D eigenvalue weighted by molar-refractivity contribution is -0.145. The SMILES string of the molecule is COC(=O)[C@H](Cc1ccccc1)NC(=O)CN(Cc1ccccc1)S(=O)(=O)c1ccc(C)cc1. The lowest BCUT2D eigenvalue weighted by Crippen LogP contribution is -2.48. The van der Waals surface area contributed by atoms with E-state index in [2.05, 4.69) is 5.32 Å². The molecule has 0 saturated carbocycles. The number of sulfonamides is 1. The Morgan fingerprint density at radius 2 is 1.44 bits per heavy atom. The van der Waals surface area contributed by atoms with Gasteiger partial charge in [0.15, 0.2) is 0 Å². The van der Waals surface area contributed by atoms with E-state index in [1.54, 1.807) is 36.4 Å². The summed E-state index contributed by atoms with van der Waals surface area (Å²) in [6.07, 6.45) is 0.225. The smallest absolute Gasteiger partial charge is 0.328 e. The van der Waals surface area contributed by atoms with Crippen LogP contribution < -0.4 is 5.32 Å². The van der Waals surface area contributed by atoms with Gasteiger partial charge in [0.1, 0.15) is 6.04 Å². The van der Waals surface area contributed by atoms with Gasteiger partial charge in [-0.1, -0.05) is 78.4 Å². The van der Waals surface area contributed by atoms with Crippen LogP contribution in [0.5, 0.6) is 0 Å². The lowest BCUT2D eigenvalue weighted by atomic mass is 10.1. The predicted octanol–water partition coefficient (Wildman–Crippen LogP) is 3.09. The van der Waals surface area contributed by atoms with Crippen LogP contribution in [-0.4, -0.2) is 44.3 Å². The van der Waals surface area contributed by atoms with Crippen molar-refractivity contribution < 1.29 is 22.7 Å². The highest BCUT2D eigenvalue weighted by Crippen LogP contribution is 2.19. The minimum absolute atomic E-state index is 0.00600. The minimum Gasteiger partial charge on any atom is -0.467 e. The number of benzene rings is 3. The van der Waals surface area contributed by atoms with Crippen molar-refractivity contribution in [2.75, 3.05) is 13.7 Å². The van der Waals surface area contributed by atoms with E-state index in [-0.39, 0.29) is 17.9 Å². The van der Waals surface area contributed by atoms with Crippen LogP contribution in [0.1, 0.15) is 16.7 Å². The van der Waals surface area contributed by atoms with E-state index < -0.39 is 34.5 Å². The van der Waals surface area contributed by atoms with Gasteiger partial charge in [0.05, 0.1) is 18.6 Å². The molecule has 0 unspecified atom stereocenters. The maximum Gasteiger partial charge on any atom is 0.328 e. The van der Waals surface area contributed by atoms with Gasteiger partial charge in [-0.05, 0) is 30.2 Å². The van der Waals surface area contributed by atoms with Crippen LogP contribution in [0.2, 0.25) is 0 Å². The summed E-state index contributed by atoms with van der Waals surface area (Å²) in [5, 5.41) is 2.65. The van der Waals surface area contributed by atoms with Crippen LogP contribution in [0.25, 0.3) is 0 Å². The molecular formula is C26H28N2O5S. The minimum atomic E-state index is -3.98. The van der Waals surface area contributed by atoms with Crippen LogP contribution in [0.4, 0.5) is 0 Å². The summed E-state index contributed by atoms with van der Waals surface area (Å²) in [5.74, 6) is -1.20. The second-order valence-corrected chi connectivity index (χ2v) is 9.84. The number of nitrogens with zero attached hydrogens (tertiary/aromatic N) is 1. The van der Waals surface area contributed by atoms with Crippen molar-refractivity contribution in [2.45, 2.75) is 30.8 Å². The molecule has 0 aliphatic rings. The van der Waals surface area contributed by atoms with E-state index in [0.29, 0.717) is 0 Å². The van der Waals surface area contributed by atoms with E-state index in [1.165, 1.54) is 19.2 Å². The number of rotatable bonds is 10. The van der Waals surface area contributed by atoms with Gasteiger partial charge in [-0.15, -0.1) is 0 Å². The molecule has 34 heavy (non-hydrogen) atoms. The average Bonchev–Trinajstić information content (AvgIpc) is 2.84. The van der Waals surface area contributed by atoms with Gasteiger partial charge >= 0.3 is 5.97 Å². The molecule has 8 heteroatoms. The molecule has 1 atom stereocenters. The number of nitrogens with one attached hydrogen (secondary N) is 1. The zero-order valence-electron chi connectivity index (χ0n) is 19.2. The molecule has 7 nitrogen and oxygen atoms in total. The molecule has 0 aliphatic heterocycles. The quantitative estimate of drug-likeness (QED) is 0.450. The van der Waals surface area contributed by atoms with Crippen LogP contribution in [-0.2, 0) is 37.3 Å². The molecule has 0 heterocycles. The molecule has 0 bridgehead atoms. The predicted molar refractivity (Wildman–Crippen MR) is 129 cm³/mol. The molecule has 0 saturated heterocycles. The molecular weight excluding hydrogens is 452 g/mol. The number of methoxy groups -OCH3 is 1. The molecule has 0 aliphatic carbocycles. The Morgan fingerprint density at radius 1 is 0.882 bits per heavy atom. The fourth-order valence-electron chi connectivity index (χ4n) is 3.46. The van der Waals surface area contributed by atoms with Crippen LogP contribution in [0, 0.1) is 6.92 Å². The molecule has 0 spiro atoms. The summed E-state index contributed by atoms with van der Waals surface area (Å²) in [6, 6.07) is 23.7. The largest absolute Gasteiger partial charge is 0.467 e. The number of esters is 1. The second-order valence-electron chi connectivity index (χ2n) is 7.90. The van der Waals surface area contributed by atoms with E-state index in [9.17, 15) is 18.0 Å². The molecule has 3 rings (SSSR count). The molecule has 178 valence electrons. The zero-order chi connectivity index (χ0) is 24.6. The summed E-state index contributed by atoms with van der Waals surface area (Å²) >= 11 is 0. The molecule has 1 amide bonds. The maximum absolute atomic E-state index is 13.4. The summed E-state index contributed by atoms with van der Waals surface area (Å²) in [7, 11) is -2.73. The van der Waals surface area contributed by atoms with Gasteiger partial charge in [-0.25, -0.2) is 13.2 Å². The third kappa shape index (κ3) is 6.76. The Labute approximate surface area is 200 Å². The standard InChI is InChI=1S/C26H28N2O5S/c1-20-13-15-23(16-14-20)34(31,32)28(18-22-11-7-4-8-12-22)19-25(29)27-24(26(30)33-2)17-21-9-5-3-6-10-21/h3-16,24H,17-19H2,1-2H3,(H,27,29)/t24-/m0/s1. The Balaban J connectivity index is 1.83. The topological polar surface area (TPSA) is 92.8 Å². The molecule has 0 aromatic heterocycles. The summed E-state index contributed by atoms with van der Waals surface area (Å²) in [5.41, 5.74) is 2.50. The van der Waals surface area contributed by atoms with Crippen molar-refractivity contribution in [3.8, 4) is 0 Å². The number of hydrogen-bond donors (Lipinski definition) is 1. The van der Waals surface area contributed by atoms with Gasteiger partial charge in [-0.2, -0.15) is 4.31 Å².